The first-order chi connectivity index (χ1) is 11.2. The molecule has 0 atom stereocenters. The first-order valence-electron chi connectivity index (χ1n) is 7.27. The molecule has 2 N–H and O–H groups in total. The number of H-pyrrole nitrogens is 1. The molecule has 0 aliphatic heterocycles. The zero-order chi connectivity index (χ0) is 16.7. The number of hydrazone groups is 1. The summed E-state index contributed by atoms with van der Waals surface area (Å²) in [5.74, 6) is 1.67. The molecule has 0 saturated carbocycles. The number of benzene rings is 1. The highest BCUT2D eigenvalue weighted by atomic mass is 16.5. The van der Waals surface area contributed by atoms with Gasteiger partial charge in [-0.3, -0.25) is 9.78 Å². The monoisotopic (exact) mass is 316 g/mol. The van der Waals surface area contributed by atoms with Crippen molar-refractivity contribution in [2.75, 3.05) is 19.6 Å². The lowest BCUT2D eigenvalue weighted by atomic mass is 10.2. The molecule has 1 aromatic carbocycles. The molecule has 2 aromatic rings. The van der Waals surface area contributed by atoms with E-state index in [0.29, 0.717) is 17.4 Å². The predicted octanol–water partition coefficient (Wildman–Crippen LogP) is 2.19. The summed E-state index contributed by atoms with van der Waals surface area (Å²) in [7, 11) is 3.18. The fraction of sp³-hybridized carbons (Fsp3) is 0.312. The number of ether oxygens (including phenoxy) is 2. The lowest BCUT2D eigenvalue weighted by Crippen LogP contribution is -2.12. The van der Waals surface area contributed by atoms with Gasteiger partial charge in [-0.25, -0.2) is 10.4 Å². The molecule has 0 saturated heterocycles. The number of nitrogens with one attached hydrogen (secondary N) is 2. The van der Waals surface area contributed by atoms with Gasteiger partial charge in [-0.15, -0.1) is 0 Å². The number of aromatic nitrogens is 2. The van der Waals surface area contributed by atoms with Crippen LogP contribution in [0.2, 0.25) is 0 Å². The van der Waals surface area contributed by atoms with E-state index in [0.717, 1.165) is 24.1 Å². The van der Waals surface area contributed by atoms with Crippen LogP contribution in [0.5, 0.6) is 11.5 Å². The highest BCUT2D eigenvalue weighted by Gasteiger charge is 2.03. The second-order valence-electron chi connectivity index (χ2n) is 4.81. The number of rotatable bonds is 7. The molecular formula is C16H20N4O3. The molecule has 2 rings (SSSR count). The fourth-order valence-electron chi connectivity index (χ4n) is 2.05. The number of hydrogen-bond acceptors (Lipinski definition) is 6. The maximum Gasteiger partial charge on any atom is 0.252 e. The summed E-state index contributed by atoms with van der Waals surface area (Å²) in [6, 6.07) is 6.89. The summed E-state index contributed by atoms with van der Waals surface area (Å²) in [4.78, 5) is 18.5. The Kier molecular flexibility index (Phi) is 5.74. The number of anilines is 1. The zero-order valence-electron chi connectivity index (χ0n) is 13.4. The molecule has 0 aliphatic rings. The molecule has 0 radical (unpaired) electrons. The van der Waals surface area contributed by atoms with Crippen molar-refractivity contribution in [3.63, 3.8) is 0 Å². The van der Waals surface area contributed by atoms with Crippen molar-refractivity contribution in [3.8, 4) is 11.5 Å². The number of aryl methyl sites for hydroxylation is 1. The van der Waals surface area contributed by atoms with Gasteiger partial charge in [0.15, 0.2) is 0 Å². The van der Waals surface area contributed by atoms with Gasteiger partial charge in [0.25, 0.3) is 5.56 Å². The fourth-order valence-corrected chi connectivity index (χ4v) is 2.05. The van der Waals surface area contributed by atoms with E-state index in [2.05, 4.69) is 20.5 Å². The minimum Gasteiger partial charge on any atom is -0.497 e. The average Bonchev–Trinajstić information content (AvgIpc) is 2.54. The summed E-state index contributed by atoms with van der Waals surface area (Å²) in [5, 5.41) is 4.10. The summed E-state index contributed by atoms with van der Waals surface area (Å²) in [5.41, 5.74) is 3.99. The highest BCUT2D eigenvalue weighted by Crippen LogP contribution is 2.22. The summed E-state index contributed by atoms with van der Waals surface area (Å²) >= 11 is 0. The third-order valence-corrected chi connectivity index (χ3v) is 3.11. The van der Waals surface area contributed by atoms with Gasteiger partial charge in [0, 0.05) is 17.3 Å². The van der Waals surface area contributed by atoms with E-state index < -0.39 is 0 Å². The van der Waals surface area contributed by atoms with Crippen molar-refractivity contribution in [3.05, 3.63) is 45.9 Å². The van der Waals surface area contributed by atoms with Crippen molar-refractivity contribution in [1.29, 1.82) is 0 Å². The zero-order valence-corrected chi connectivity index (χ0v) is 13.4. The summed E-state index contributed by atoms with van der Waals surface area (Å²) < 4.78 is 10.4. The van der Waals surface area contributed by atoms with Gasteiger partial charge >= 0.3 is 0 Å². The molecule has 23 heavy (non-hydrogen) atoms. The van der Waals surface area contributed by atoms with Crippen LogP contribution >= 0.6 is 0 Å². The molecule has 7 heteroatoms. The summed E-state index contributed by atoms with van der Waals surface area (Å²) in [6.45, 7) is 2.03. The third-order valence-electron chi connectivity index (χ3n) is 3.11. The first kappa shape index (κ1) is 16.5. The second kappa shape index (κ2) is 7.98. The van der Waals surface area contributed by atoms with Gasteiger partial charge in [0.2, 0.25) is 5.95 Å². The normalized spacial score (nSPS) is 10.7. The predicted molar refractivity (Wildman–Crippen MR) is 89.6 cm³/mol. The van der Waals surface area contributed by atoms with Gasteiger partial charge in [-0.1, -0.05) is 13.3 Å². The second-order valence-corrected chi connectivity index (χ2v) is 4.81. The van der Waals surface area contributed by atoms with Gasteiger partial charge in [0.05, 0.1) is 20.4 Å². The Balaban J connectivity index is 2.17. The van der Waals surface area contributed by atoms with Crippen LogP contribution in [0.25, 0.3) is 0 Å². The molecule has 1 heterocycles. The lowest BCUT2D eigenvalue weighted by molar-refractivity contribution is 0.402. The largest absolute Gasteiger partial charge is 0.497 e. The molecule has 0 bridgehead atoms. The van der Waals surface area contributed by atoms with Gasteiger partial charge < -0.3 is 9.47 Å². The quantitative estimate of drug-likeness (QED) is 0.604. The molecule has 0 unspecified atom stereocenters. The Morgan fingerprint density at radius 1 is 1.30 bits per heavy atom. The molecule has 0 amide bonds. The van der Waals surface area contributed by atoms with E-state index in [1.807, 2.05) is 6.92 Å². The van der Waals surface area contributed by atoms with Crippen LogP contribution in [0.1, 0.15) is 24.6 Å². The SMILES string of the molecule is CCCc1cc(=O)[nH]c(N/N=C/c2cc(OC)ccc2OC)n1. The number of aromatic amines is 1. The molecule has 7 nitrogen and oxygen atoms in total. The van der Waals surface area contributed by atoms with Crippen molar-refractivity contribution in [2.24, 2.45) is 5.10 Å². The van der Waals surface area contributed by atoms with Gasteiger partial charge in [-0.05, 0) is 24.6 Å². The number of hydrogen-bond donors (Lipinski definition) is 2. The van der Waals surface area contributed by atoms with E-state index >= 15 is 0 Å². The van der Waals surface area contributed by atoms with Crippen molar-refractivity contribution in [2.45, 2.75) is 19.8 Å². The van der Waals surface area contributed by atoms with Crippen molar-refractivity contribution < 1.29 is 9.47 Å². The molecule has 0 aliphatic carbocycles. The maximum atomic E-state index is 11.6. The van der Waals surface area contributed by atoms with Crippen LogP contribution in [-0.4, -0.2) is 30.4 Å². The summed E-state index contributed by atoms with van der Waals surface area (Å²) in [6.07, 6.45) is 3.24. The molecule has 0 fully saturated rings. The maximum absolute atomic E-state index is 11.6. The van der Waals surface area contributed by atoms with Crippen LogP contribution in [0.4, 0.5) is 5.95 Å². The molecular weight excluding hydrogens is 296 g/mol. The van der Waals surface area contributed by atoms with Crippen molar-refractivity contribution >= 4 is 12.2 Å². The Bertz CT molecular complexity index is 740. The van der Waals surface area contributed by atoms with Crippen LogP contribution in [0.3, 0.4) is 0 Å². The molecule has 122 valence electrons. The highest BCUT2D eigenvalue weighted by molar-refractivity contribution is 5.84. The number of methoxy groups -OCH3 is 2. The van der Waals surface area contributed by atoms with Gasteiger partial charge in [0.1, 0.15) is 11.5 Å². The van der Waals surface area contributed by atoms with E-state index in [9.17, 15) is 4.79 Å². The van der Waals surface area contributed by atoms with E-state index in [1.54, 1.807) is 38.6 Å². The van der Waals surface area contributed by atoms with Crippen LogP contribution in [0, 0.1) is 0 Å². The average molecular weight is 316 g/mol. The minimum absolute atomic E-state index is 0.208. The Labute approximate surface area is 134 Å². The van der Waals surface area contributed by atoms with Crippen LogP contribution in [-0.2, 0) is 6.42 Å². The number of nitrogens with zero attached hydrogens (tertiary/aromatic N) is 2. The topological polar surface area (TPSA) is 88.6 Å². The van der Waals surface area contributed by atoms with E-state index in [4.69, 9.17) is 9.47 Å². The molecule has 1 aromatic heterocycles. The van der Waals surface area contributed by atoms with E-state index in [1.165, 1.54) is 6.07 Å². The Morgan fingerprint density at radius 2 is 2.13 bits per heavy atom. The third kappa shape index (κ3) is 4.57. The van der Waals surface area contributed by atoms with E-state index in [-0.39, 0.29) is 5.56 Å². The van der Waals surface area contributed by atoms with Crippen LogP contribution < -0.4 is 20.5 Å². The Hall–Kier alpha value is -2.83. The van der Waals surface area contributed by atoms with Crippen LogP contribution in [0.15, 0.2) is 34.2 Å². The first-order valence-corrected chi connectivity index (χ1v) is 7.27. The smallest absolute Gasteiger partial charge is 0.252 e. The Morgan fingerprint density at radius 3 is 2.83 bits per heavy atom. The lowest BCUT2D eigenvalue weighted by Gasteiger charge is -2.07. The standard InChI is InChI=1S/C16H20N4O3/c1-4-5-12-9-15(21)19-16(18-12)20-17-10-11-8-13(22-2)6-7-14(11)23-3/h6-10H,4-5H2,1-3H3,(H2,18,19,20,21)/b17-10+. The minimum atomic E-state index is -0.208. The van der Waals surface area contributed by atoms with Gasteiger partial charge in [-0.2, -0.15) is 5.10 Å². The van der Waals surface area contributed by atoms with Crippen molar-refractivity contribution in [1.82, 2.24) is 9.97 Å². The molecule has 0 spiro atoms.